The third kappa shape index (κ3) is 4.59. The van der Waals surface area contributed by atoms with Crippen LogP contribution in [0.15, 0.2) is 83.6 Å². The van der Waals surface area contributed by atoms with Crippen molar-refractivity contribution in [3.8, 4) is 17.0 Å². The van der Waals surface area contributed by atoms with E-state index in [1.165, 1.54) is 18.3 Å². The Morgan fingerprint density at radius 2 is 1.81 bits per heavy atom. The van der Waals surface area contributed by atoms with Crippen LogP contribution in [0.25, 0.3) is 11.3 Å². The van der Waals surface area contributed by atoms with Gasteiger partial charge in [-0.2, -0.15) is 13.2 Å². The van der Waals surface area contributed by atoms with Gasteiger partial charge < -0.3 is 14.4 Å². The summed E-state index contributed by atoms with van der Waals surface area (Å²) in [6.07, 6.45) is -2.72. The maximum atomic E-state index is 13.2. The number of nitrogens with zero attached hydrogens (tertiary/aromatic N) is 2. The quantitative estimate of drug-likeness (QED) is 0.446. The summed E-state index contributed by atoms with van der Waals surface area (Å²) in [5.41, 5.74) is 0.122. The second-order valence-corrected chi connectivity index (χ2v) is 6.74. The molecule has 8 heteroatoms. The van der Waals surface area contributed by atoms with Gasteiger partial charge in [0, 0.05) is 23.5 Å². The molecule has 0 spiro atoms. The van der Waals surface area contributed by atoms with Crippen LogP contribution in [-0.4, -0.2) is 15.2 Å². The zero-order valence-electron chi connectivity index (χ0n) is 16.1. The van der Waals surface area contributed by atoms with Crippen LogP contribution in [0.4, 0.5) is 13.2 Å². The molecule has 2 heterocycles. The van der Waals surface area contributed by atoms with E-state index in [0.29, 0.717) is 11.3 Å². The molecule has 0 aliphatic heterocycles. The fourth-order valence-corrected chi connectivity index (χ4v) is 3.14. The predicted octanol–water partition coefficient (Wildman–Crippen LogP) is 5.42. The number of halogens is 3. The highest BCUT2D eigenvalue weighted by Crippen LogP contribution is 2.37. The fourth-order valence-electron chi connectivity index (χ4n) is 3.14. The summed E-state index contributed by atoms with van der Waals surface area (Å²) in [6.45, 7) is -0.0668. The third-order valence-corrected chi connectivity index (χ3v) is 4.65. The van der Waals surface area contributed by atoms with E-state index >= 15 is 0 Å². The van der Waals surface area contributed by atoms with Gasteiger partial charge in [-0.25, -0.2) is 0 Å². The monoisotopic (exact) mass is 426 g/mol. The molecule has 0 fully saturated rings. The Morgan fingerprint density at radius 3 is 2.52 bits per heavy atom. The van der Waals surface area contributed by atoms with E-state index in [1.54, 1.807) is 42.6 Å². The zero-order valence-corrected chi connectivity index (χ0v) is 16.1. The van der Waals surface area contributed by atoms with Crippen molar-refractivity contribution >= 4 is 0 Å². The van der Waals surface area contributed by atoms with Crippen LogP contribution >= 0.6 is 0 Å². The first kappa shape index (κ1) is 20.6. The van der Waals surface area contributed by atoms with Gasteiger partial charge in [-0.1, -0.05) is 41.6 Å². The Labute approximate surface area is 175 Å². The molecule has 31 heavy (non-hydrogen) atoms. The van der Waals surface area contributed by atoms with Crippen LogP contribution in [0.1, 0.15) is 28.6 Å². The molecule has 0 amide bonds. The lowest BCUT2D eigenvalue weighted by Crippen LogP contribution is -2.07. The highest BCUT2D eigenvalue weighted by molar-refractivity contribution is 5.66. The molecule has 5 nitrogen and oxygen atoms in total. The summed E-state index contributed by atoms with van der Waals surface area (Å²) >= 11 is 0. The van der Waals surface area contributed by atoms with Crippen LogP contribution in [0.2, 0.25) is 0 Å². The minimum absolute atomic E-state index is 0.0668. The SMILES string of the molecule is OC(c1cccnc1)c1c(-c2cccc(C(F)(F)F)c2)noc1COc1ccccc1. The second-order valence-electron chi connectivity index (χ2n) is 6.74. The van der Waals surface area contributed by atoms with Crippen LogP contribution in [0.5, 0.6) is 5.75 Å². The van der Waals surface area contributed by atoms with Crippen molar-refractivity contribution in [1.82, 2.24) is 10.1 Å². The molecule has 4 rings (SSSR count). The van der Waals surface area contributed by atoms with E-state index in [4.69, 9.17) is 9.26 Å². The van der Waals surface area contributed by atoms with E-state index in [1.807, 2.05) is 6.07 Å². The molecule has 1 atom stereocenters. The number of rotatable bonds is 6. The van der Waals surface area contributed by atoms with Crippen LogP contribution < -0.4 is 4.74 Å². The van der Waals surface area contributed by atoms with Gasteiger partial charge in [-0.15, -0.1) is 0 Å². The lowest BCUT2D eigenvalue weighted by Gasteiger charge is -2.14. The lowest BCUT2D eigenvalue weighted by atomic mass is 9.96. The van der Waals surface area contributed by atoms with Crippen molar-refractivity contribution < 1.29 is 27.5 Å². The van der Waals surface area contributed by atoms with Gasteiger partial charge >= 0.3 is 6.18 Å². The minimum atomic E-state index is -4.51. The predicted molar refractivity (Wildman–Crippen MR) is 106 cm³/mol. The fraction of sp³-hybridized carbons (Fsp3) is 0.130. The molecular formula is C23H17F3N2O3. The molecule has 0 saturated heterocycles. The summed E-state index contributed by atoms with van der Waals surface area (Å²) in [6, 6.07) is 17.0. The average molecular weight is 426 g/mol. The van der Waals surface area contributed by atoms with E-state index in [-0.39, 0.29) is 29.2 Å². The van der Waals surface area contributed by atoms with Gasteiger partial charge in [0.25, 0.3) is 0 Å². The number of benzene rings is 2. The van der Waals surface area contributed by atoms with Crippen molar-refractivity contribution in [1.29, 1.82) is 0 Å². The van der Waals surface area contributed by atoms with E-state index < -0.39 is 17.8 Å². The van der Waals surface area contributed by atoms with Crippen molar-refractivity contribution in [2.24, 2.45) is 0 Å². The third-order valence-electron chi connectivity index (χ3n) is 4.65. The normalized spacial score (nSPS) is 12.5. The molecular weight excluding hydrogens is 409 g/mol. The first-order valence-electron chi connectivity index (χ1n) is 9.35. The molecule has 0 saturated carbocycles. The first-order valence-corrected chi connectivity index (χ1v) is 9.35. The van der Waals surface area contributed by atoms with E-state index in [2.05, 4.69) is 10.1 Å². The molecule has 0 aliphatic rings. The van der Waals surface area contributed by atoms with Gasteiger partial charge in [0.15, 0.2) is 5.76 Å². The van der Waals surface area contributed by atoms with E-state index in [9.17, 15) is 18.3 Å². The Bertz CT molecular complexity index is 1150. The smallest absolute Gasteiger partial charge is 0.416 e. The van der Waals surface area contributed by atoms with Crippen LogP contribution in [0.3, 0.4) is 0 Å². The van der Waals surface area contributed by atoms with Crippen LogP contribution in [0, 0.1) is 0 Å². The molecule has 1 unspecified atom stereocenters. The minimum Gasteiger partial charge on any atom is -0.486 e. The summed E-state index contributed by atoms with van der Waals surface area (Å²) in [5, 5.41) is 15.0. The van der Waals surface area contributed by atoms with Crippen molar-refractivity contribution in [2.45, 2.75) is 18.9 Å². The largest absolute Gasteiger partial charge is 0.486 e. The molecule has 1 N–H and O–H groups in total. The number of hydrogen-bond acceptors (Lipinski definition) is 5. The lowest BCUT2D eigenvalue weighted by molar-refractivity contribution is -0.137. The molecule has 158 valence electrons. The highest BCUT2D eigenvalue weighted by atomic mass is 19.4. The highest BCUT2D eigenvalue weighted by Gasteiger charge is 2.32. The Kier molecular flexibility index (Phi) is 5.73. The molecule has 0 aliphatic carbocycles. The van der Waals surface area contributed by atoms with Crippen molar-refractivity contribution in [3.05, 3.63) is 102 Å². The number of ether oxygens (including phenoxy) is 1. The van der Waals surface area contributed by atoms with Gasteiger partial charge in [0.05, 0.1) is 11.1 Å². The Morgan fingerprint density at radius 1 is 1.00 bits per heavy atom. The van der Waals surface area contributed by atoms with Gasteiger partial charge in [0.1, 0.15) is 24.2 Å². The zero-order chi connectivity index (χ0) is 21.8. The maximum absolute atomic E-state index is 13.2. The number of aliphatic hydroxyl groups excluding tert-OH is 1. The number of para-hydroxylation sites is 1. The topological polar surface area (TPSA) is 68.4 Å². The standard InChI is InChI=1S/C23H17F3N2O3/c24-23(25,26)17-8-4-6-15(12-17)21-20(22(29)16-7-5-11-27-13-16)19(31-28-21)14-30-18-9-2-1-3-10-18/h1-13,22,29H,14H2. The van der Waals surface area contributed by atoms with Gasteiger partial charge in [-0.05, 0) is 30.3 Å². The molecule has 0 radical (unpaired) electrons. The number of pyridine rings is 1. The summed E-state index contributed by atoms with van der Waals surface area (Å²) in [5.74, 6) is 0.772. The van der Waals surface area contributed by atoms with Crippen molar-refractivity contribution in [3.63, 3.8) is 0 Å². The van der Waals surface area contributed by atoms with Gasteiger partial charge in [-0.3, -0.25) is 4.98 Å². The van der Waals surface area contributed by atoms with E-state index in [0.717, 1.165) is 12.1 Å². The van der Waals surface area contributed by atoms with Gasteiger partial charge in [0.2, 0.25) is 0 Å². The first-order chi connectivity index (χ1) is 14.9. The number of hydrogen-bond donors (Lipinski definition) is 1. The van der Waals surface area contributed by atoms with Crippen molar-refractivity contribution in [2.75, 3.05) is 0 Å². The Hall–Kier alpha value is -3.65. The Balaban J connectivity index is 1.76. The molecule has 2 aromatic carbocycles. The van der Waals surface area contributed by atoms with Crippen LogP contribution in [-0.2, 0) is 12.8 Å². The maximum Gasteiger partial charge on any atom is 0.416 e. The summed E-state index contributed by atoms with van der Waals surface area (Å²) < 4.78 is 50.7. The number of alkyl halides is 3. The molecule has 4 aromatic rings. The average Bonchev–Trinajstić information content (AvgIpc) is 3.22. The summed E-state index contributed by atoms with van der Waals surface area (Å²) in [7, 11) is 0. The molecule has 2 aromatic heterocycles. The number of aliphatic hydroxyl groups is 1. The number of aromatic nitrogens is 2. The molecule has 0 bridgehead atoms. The summed E-state index contributed by atoms with van der Waals surface area (Å²) in [4.78, 5) is 4.00. The second kappa shape index (κ2) is 8.61.